The minimum atomic E-state index is -0.936. The second kappa shape index (κ2) is 7.60. The van der Waals surface area contributed by atoms with E-state index < -0.39 is 11.6 Å². The molecule has 4 rings (SSSR count). The van der Waals surface area contributed by atoms with Crippen LogP contribution in [-0.2, 0) is 0 Å². The van der Waals surface area contributed by atoms with Gasteiger partial charge in [-0.05, 0) is 49.3 Å². The third kappa shape index (κ3) is 3.95. The second-order valence-electron chi connectivity index (χ2n) is 8.57. The Hall–Kier alpha value is -3.13. The van der Waals surface area contributed by atoms with Crippen molar-refractivity contribution >= 4 is 17.0 Å². The van der Waals surface area contributed by atoms with Crippen molar-refractivity contribution in [3.05, 3.63) is 59.7 Å². The number of hydrogen-bond acceptors (Lipinski definition) is 5. The zero-order chi connectivity index (χ0) is 21.5. The van der Waals surface area contributed by atoms with Crippen molar-refractivity contribution in [3.63, 3.8) is 0 Å². The van der Waals surface area contributed by atoms with Gasteiger partial charge in [-0.25, -0.2) is 8.78 Å². The SMILES string of the molecule is CN(C)CC(C)(C)CNc1nn2c(-c3ccc(F)c(F)c3)nnc2cc1C1=CC=C1. The molecule has 0 amide bonds. The Morgan fingerprint density at radius 1 is 1.10 bits per heavy atom. The second-order valence-corrected chi connectivity index (χ2v) is 8.57. The van der Waals surface area contributed by atoms with E-state index in [9.17, 15) is 8.78 Å². The van der Waals surface area contributed by atoms with Gasteiger partial charge in [0.05, 0.1) is 0 Å². The first-order valence-electron chi connectivity index (χ1n) is 9.73. The van der Waals surface area contributed by atoms with Crippen molar-refractivity contribution in [2.75, 3.05) is 32.5 Å². The molecule has 0 spiro atoms. The lowest BCUT2D eigenvalue weighted by molar-refractivity contribution is 0.254. The topological polar surface area (TPSA) is 58.4 Å². The lowest BCUT2D eigenvalue weighted by Gasteiger charge is -2.29. The van der Waals surface area contributed by atoms with Gasteiger partial charge in [0.15, 0.2) is 28.9 Å². The van der Waals surface area contributed by atoms with Gasteiger partial charge in [-0.2, -0.15) is 4.52 Å². The number of nitrogens with zero attached hydrogens (tertiary/aromatic N) is 5. The van der Waals surface area contributed by atoms with Crippen molar-refractivity contribution in [1.82, 2.24) is 24.7 Å². The minimum absolute atomic E-state index is 0.0113. The van der Waals surface area contributed by atoms with Gasteiger partial charge >= 0.3 is 0 Å². The predicted octanol–water partition coefficient (Wildman–Crippen LogP) is 4.02. The van der Waals surface area contributed by atoms with E-state index in [1.807, 2.05) is 38.4 Å². The summed E-state index contributed by atoms with van der Waals surface area (Å²) in [5, 5.41) is 16.5. The summed E-state index contributed by atoms with van der Waals surface area (Å²) in [7, 11) is 4.10. The summed E-state index contributed by atoms with van der Waals surface area (Å²) >= 11 is 0. The van der Waals surface area contributed by atoms with E-state index >= 15 is 0 Å². The maximum atomic E-state index is 13.7. The molecule has 0 saturated heterocycles. The number of benzene rings is 1. The van der Waals surface area contributed by atoms with E-state index in [2.05, 4.69) is 34.3 Å². The first-order valence-corrected chi connectivity index (χ1v) is 9.73. The molecule has 1 N–H and O–H groups in total. The highest BCUT2D eigenvalue weighted by atomic mass is 19.2. The molecule has 30 heavy (non-hydrogen) atoms. The Labute approximate surface area is 173 Å². The number of aromatic nitrogens is 4. The third-order valence-corrected chi connectivity index (χ3v) is 4.91. The normalized spacial score (nSPS) is 13.6. The van der Waals surface area contributed by atoms with Gasteiger partial charge < -0.3 is 10.2 Å². The minimum Gasteiger partial charge on any atom is -0.368 e. The van der Waals surface area contributed by atoms with Crippen LogP contribution in [0.2, 0.25) is 0 Å². The average molecular weight is 410 g/mol. The molecular formula is C22H24F2N6. The van der Waals surface area contributed by atoms with Crippen molar-refractivity contribution in [2.24, 2.45) is 5.41 Å². The summed E-state index contributed by atoms with van der Waals surface area (Å²) in [4.78, 5) is 2.15. The highest BCUT2D eigenvalue weighted by molar-refractivity contribution is 5.87. The first kappa shape index (κ1) is 20.2. The van der Waals surface area contributed by atoms with E-state index in [0.29, 0.717) is 29.4 Å². The van der Waals surface area contributed by atoms with Crippen LogP contribution >= 0.6 is 0 Å². The first-order chi connectivity index (χ1) is 14.2. The van der Waals surface area contributed by atoms with E-state index in [1.165, 1.54) is 6.07 Å². The zero-order valence-electron chi connectivity index (χ0n) is 17.4. The largest absolute Gasteiger partial charge is 0.368 e. The molecule has 3 aromatic rings. The quantitative estimate of drug-likeness (QED) is 0.638. The molecule has 0 aliphatic heterocycles. The summed E-state index contributed by atoms with van der Waals surface area (Å²) in [5.41, 5.74) is 2.93. The molecule has 0 bridgehead atoms. The van der Waals surface area contributed by atoms with Crippen molar-refractivity contribution in [1.29, 1.82) is 0 Å². The van der Waals surface area contributed by atoms with E-state index in [0.717, 1.165) is 29.8 Å². The van der Waals surface area contributed by atoms with E-state index in [-0.39, 0.29) is 5.41 Å². The van der Waals surface area contributed by atoms with Crippen molar-refractivity contribution in [3.8, 4) is 11.4 Å². The number of allylic oxidation sites excluding steroid dienone is 4. The maximum absolute atomic E-state index is 13.7. The van der Waals surface area contributed by atoms with Crippen LogP contribution in [0.3, 0.4) is 0 Å². The summed E-state index contributed by atoms with van der Waals surface area (Å²) in [6.07, 6.45) is 5.99. The van der Waals surface area contributed by atoms with Gasteiger partial charge in [-0.15, -0.1) is 15.3 Å². The fraction of sp³-hybridized carbons (Fsp3) is 0.318. The zero-order valence-corrected chi connectivity index (χ0v) is 17.4. The number of hydrogen-bond donors (Lipinski definition) is 1. The van der Waals surface area contributed by atoms with Crippen molar-refractivity contribution in [2.45, 2.75) is 13.8 Å². The molecule has 1 aromatic carbocycles. The van der Waals surface area contributed by atoms with Gasteiger partial charge in [-0.3, -0.25) is 0 Å². The van der Waals surface area contributed by atoms with Gasteiger partial charge in [0.2, 0.25) is 0 Å². The Kier molecular flexibility index (Phi) is 5.11. The molecule has 0 unspecified atom stereocenters. The Morgan fingerprint density at radius 2 is 1.87 bits per heavy atom. The molecule has 156 valence electrons. The maximum Gasteiger partial charge on any atom is 0.185 e. The fourth-order valence-corrected chi connectivity index (χ4v) is 3.60. The number of anilines is 1. The average Bonchev–Trinajstić information content (AvgIpc) is 3.02. The Bertz CT molecular complexity index is 1160. The lowest BCUT2D eigenvalue weighted by Crippen LogP contribution is -2.34. The van der Waals surface area contributed by atoms with Crippen LogP contribution in [0.1, 0.15) is 19.4 Å². The molecule has 1 aliphatic rings. The van der Waals surface area contributed by atoms with Crippen LogP contribution in [-0.4, -0.2) is 51.9 Å². The number of fused-ring (bicyclic) bond motifs is 1. The monoisotopic (exact) mass is 410 g/mol. The molecule has 0 fully saturated rings. The van der Waals surface area contributed by atoms with Crippen molar-refractivity contribution < 1.29 is 8.78 Å². The molecular weight excluding hydrogens is 386 g/mol. The Morgan fingerprint density at radius 3 is 2.50 bits per heavy atom. The van der Waals surface area contributed by atoms with Gasteiger partial charge in [0, 0.05) is 24.2 Å². The van der Waals surface area contributed by atoms with Crippen LogP contribution in [0, 0.1) is 17.0 Å². The fourth-order valence-electron chi connectivity index (χ4n) is 3.60. The van der Waals surface area contributed by atoms with Crippen LogP contribution in [0.5, 0.6) is 0 Å². The summed E-state index contributed by atoms with van der Waals surface area (Å²) in [6, 6.07) is 5.55. The summed E-state index contributed by atoms with van der Waals surface area (Å²) < 4.78 is 28.7. The smallest absolute Gasteiger partial charge is 0.185 e. The van der Waals surface area contributed by atoms with Crippen LogP contribution in [0.4, 0.5) is 14.6 Å². The van der Waals surface area contributed by atoms with Crippen LogP contribution in [0.25, 0.3) is 22.6 Å². The summed E-state index contributed by atoms with van der Waals surface area (Å²) in [5.74, 6) is -0.802. The van der Waals surface area contributed by atoms with E-state index in [1.54, 1.807) is 4.52 Å². The summed E-state index contributed by atoms with van der Waals surface area (Å²) in [6.45, 7) is 5.99. The molecule has 2 aromatic heterocycles. The predicted molar refractivity (Wildman–Crippen MR) is 114 cm³/mol. The van der Waals surface area contributed by atoms with Gasteiger partial charge in [-0.1, -0.05) is 32.1 Å². The molecule has 0 radical (unpaired) electrons. The van der Waals surface area contributed by atoms with Gasteiger partial charge in [0.1, 0.15) is 0 Å². The van der Waals surface area contributed by atoms with Crippen LogP contribution in [0.15, 0.2) is 42.5 Å². The third-order valence-electron chi connectivity index (χ3n) is 4.91. The molecule has 0 atom stereocenters. The number of nitrogens with one attached hydrogen (secondary N) is 1. The standard InChI is InChI=1S/C22H24F2N6/c1-22(2,13-29(3)4)12-25-20-16(14-6-5-7-14)11-19-26-27-21(30(19)28-20)15-8-9-17(23)18(24)10-15/h5-11H,12-13H2,1-4H3,(H,25,28). The number of rotatable bonds is 7. The molecule has 1 aliphatic carbocycles. The van der Waals surface area contributed by atoms with Crippen LogP contribution < -0.4 is 5.32 Å². The Balaban J connectivity index is 1.74. The number of halogens is 2. The highest BCUT2D eigenvalue weighted by Gasteiger charge is 2.22. The lowest BCUT2D eigenvalue weighted by atomic mass is 9.92. The highest BCUT2D eigenvalue weighted by Crippen LogP contribution is 2.30. The molecule has 8 heteroatoms. The van der Waals surface area contributed by atoms with E-state index in [4.69, 9.17) is 5.10 Å². The van der Waals surface area contributed by atoms with Gasteiger partial charge in [0.25, 0.3) is 0 Å². The molecule has 2 heterocycles. The molecule has 0 saturated carbocycles. The molecule has 6 nitrogen and oxygen atoms in total.